The zero-order valence-corrected chi connectivity index (χ0v) is 32.7. The molecule has 5 heteroatoms. The molecule has 12 rings (SSSR count). The van der Waals surface area contributed by atoms with Crippen molar-refractivity contribution in [2.45, 2.75) is 32.1 Å². The van der Waals surface area contributed by atoms with Gasteiger partial charge in [-0.2, -0.15) is 0 Å². The number of benzene rings is 8. The number of hydrogen-bond donors (Lipinski definition) is 0. The normalized spacial score (nSPS) is 14.7. The minimum absolute atomic E-state index is 0.132. The molecule has 0 bridgehead atoms. The second-order valence-corrected chi connectivity index (χ2v) is 16.2. The smallest absolute Gasteiger partial charge is 0.178 e. The Morgan fingerprint density at radius 2 is 1.10 bits per heavy atom. The predicted molar refractivity (Wildman–Crippen MR) is 239 cm³/mol. The average molecular weight is 760 g/mol. The van der Waals surface area contributed by atoms with E-state index in [0.717, 1.165) is 57.7 Å². The molecule has 0 spiro atoms. The Balaban J connectivity index is 0.944. The van der Waals surface area contributed by atoms with Gasteiger partial charge in [0, 0.05) is 22.1 Å². The Morgan fingerprint density at radius 3 is 1.88 bits per heavy atom. The van der Waals surface area contributed by atoms with Gasteiger partial charge in [-0.3, -0.25) is 0 Å². The maximum absolute atomic E-state index is 6.82. The van der Waals surface area contributed by atoms with E-state index in [-0.39, 0.29) is 5.41 Å². The summed E-state index contributed by atoms with van der Waals surface area (Å²) in [5.41, 5.74) is 9.86. The molecule has 1 aromatic heterocycles. The lowest BCUT2D eigenvalue weighted by atomic mass is 9.82. The highest BCUT2D eigenvalue weighted by Crippen LogP contribution is 2.58. The first-order chi connectivity index (χ1) is 29.0. The van der Waals surface area contributed by atoms with Gasteiger partial charge in [0.2, 0.25) is 0 Å². The Hall–Kier alpha value is -7.37. The van der Waals surface area contributed by atoms with Crippen LogP contribution in [0.15, 0.2) is 164 Å². The molecule has 280 valence electrons. The summed E-state index contributed by atoms with van der Waals surface area (Å²) < 4.78 is 13.3. The quantitative estimate of drug-likeness (QED) is 0.167. The third-order valence-electron chi connectivity index (χ3n) is 12.4. The van der Waals surface area contributed by atoms with Gasteiger partial charge in [-0.15, -0.1) is 0 Å². The molecule has 0 saturated heterocycles. The van der Waals surface area contributed by atoms with Crippen molar-refractivity contribution in [1.29, 1.82) is 0 Å². The Bertz CT molecular complexity index is 3270. The van der Waals surface area contributed by atoms with E-state index in [1.807, 2.05) is 30.3 Å². The molecule has 8 aromatic carbocycles. The van der Waals surface area contributed by atoms with Gasteiger partial charge < -0.3 is 9.47 Å². The summed E-state index contributed by atoms with van der Waals surface area (Å²) in [7, 11) is 0. The van der Waals surface area contributed by atoms with Crippen LogP contribution < -0.4 is 9.47 Å². The van der Waals surface area contributed by atoms with E-state index in [0.29, 0.717) is 29.0 Å². The van der Waals surface area contributed by atoms with Crippen LogP contribution in [-0.2, 0) is 5.41 Å². The lowest BCUT2D eigenvalue weighted by molar-refractivity contribution is 0.360. The summed E-state index contributed by atoms with van der Waals surface area (Å²) >= 11 is 0. The van der Waals surface area contributed by atoms with Crippen molar-refractivity contribution in [1.82, 2.24) is 15.0 Å². The van der Waals surface area contributed by atoms with Crippen LogP contribution in [-0.4, -0.2) is 15.0 Å². The van der Waals surface area contributed by atoms with Crippen LogP contribution in [0.3, 0.4) is 0 Å². The van der Waals surface area contributed by atoms with Crippen LogP contribution in [0.4, 0.5) is 0 Å². The van der Waals surface area contributed by atoms with E-state index in [1.165, 1.54) is 49.0 Å². The van der Waals surface area contributed by atoms with E-state index in [4.69, 9.17) is 24.4 Å². The summed E-state index contributed by atoms with van der Waals surface area (Å²) in [6.45, 7) is 4.56. The van der Waals surface area contributed by atoms with Crippen molar-refractivity contribution in [3.63, 3.8) is 0 Å². The molecule has 0 fully saturated rings. The highest BCUT2D eigenvalue weighted by Gasteiger charge is 2.39. The number of hydrogen-bond acceptors (Lipinski definition) is 5. The summed E-state index contributed by atoms with van der Waals surface area (Å²) in [4.78, 5) is 15.5. The first-order valence-electron chi connectivity index (χ1n) is 20.3. The molecule has 59 heavy (non-hydrogen) atoms. The van der Waals surface area contributed by atoms with Crippen LogP contribution in [0.2, 0.25) is 0 Å². The molecule has 0 saturated carbocycles. The lowest BCUT2D eigenvalue weighted by Gasteiger charge is -2.25. The molecule has 0 radical (unpaired) electrons. The van der Waals surface area contributed by atoms with E-state index in [2.05, 4.69) is 147 Å². The van der Waals surface area contributed by atoms with Crippen molar-refractivity contribution in [2.75, 3.05) is 0 Å². The van der Waals surface area contributed by atoms with E-state index >= 15 is 0 Å². The number of nitrogens with zero attached hydrogens (tertiary/aromatic N) is 3. The summed E-state index contributed by atoms with van der Waals surface area (Å²) in [5, 5.41) is 7.34. The van der Waals surface area contributed by atoms with Crippen molar-refractivity contribution < 1.29 is 9.47 Å². The molecule has 2 aliphatic carbocycles. The Morgan fingerprint density at radius 1 is 0.475 bits per heavy atom. The van der Waals surface area contributed by atoms with Crippen molar-refractivity contribution in [3.8, 4) is 56.9 Å². The predicted octanol–water partition coefficient (Wildman–Crippen LogP) is 14.1. The molecule has 0 amide bonds. The maximum Gasteiger partial charge on any atom is 0.178 e. The number of rotatable bonds is 4. The van der Waals surface area contributed by atoms with E-state index in [9.17, 15) is 0 Å². The van der Waals surface area contributed by atoms with Gasteiger partial charge in [0.05, 0.1) is 0 Å². The van der Waals surface area contributed by atoms with Crippen molar-refractivity contribution in [2.24, 2.45) is 0 Å². The second kappa shape index (κ2) is 12.8. The average Bonchev–Trinajstić information content (AvgIpc) is 3.54. The Labute approximate surface area is 342 Å². The van der Waals surface area contributed by atoms with Gasteiger partial charge >= 0.3 is 0 Å². The van der Waals surface area contributed by atoms with E-state index in [1.54, 1.807) is 0 Å². The highest BCUT2D eigenvalue weighted by molar-refractivity contribution is 6.25. The minimum Gasteiger partial charge on any atom is -0.449 e. The molecule has 0 N–H and O–H groups in total. The summed E-state index contributed by atoms with van der Waals surface area (Å²) in [6, 6.07) is 53.2. The topological polar surface area (TPSA) is 57.1 Å². The van der Waals surface area contributed by atoms with E-state index < -0.39 is 0 Å². The van der Waals surface area contributed by atoms with Crippen LogP contribution in [0.5, 0.6) is 23.0 Å². The standard InChI is InChI=1S/C54H37N3O2/c1-54(2)44-22-11-10-21-42(44)49-45(54)26-28-47-50(49)59-48-31-34(24-27-46(48)58-47)33-15-12-16-35(29-33)52-55-51(32-13-4-3-5-14-32)56-53(57-52)36-23-25-41-39-19-7-6-17-37(39)38-18-8-9-20-40(38)43(41)30-36/h3-11,13-15,17-31H,12,16H2,1-2H3. The van der Waals surface area contributed by atoms with Gasteiger partial charge in [-0.25, -0.2) is 15.0 Å². The third-order valence-corrected chi connectivity index (χ3v) is 12.4. The molecule has 2 heterocycles. The number of allylic oxidation sites excluding steroid dienone is 4. The number of aromatic nitrogens is 3. The van der Waals surface area contributed by atoms with Crippen molar-refractivity contribution >= 4 is 43.5 Å². The Kier molecular flexibility index (Phi) is 7.33. The summed E-state index contributed by atoms with van der Waals surface area (Å²) in [6.07, 6.45) is 6.19. The third kappa shape index (κ3) is 5.28. The molecule has 1 aliphatic heterocycles. The van der Waals surface area contributed by atoms with Crippen LogP contribution in [0.1, 0.15) is 49.2 Å². The molecule has 0 unspecified atom stereocenters. The highest BCUT2D eigenvalue weighted by atomic mass is 16.6. The fraction of sp³-hybridized carbons (Fsp3) is 0.0926. The van der Waals surface area contributed by atoms with Crippen LogP contribution in [0, 0.1) is 0 Å². The fourth-order valence-electron chi connectivity index (χ4n) is 9.50. The molecule has 5 nitrogen and oxygen atoms in total. The van der Waals surface area contributed by atoms with Gasteiger partial charge in [-0.1, -0.05) is 147 Å². The van der Waals surface area contributed by atoms with Gasteiger partial charge in [0.15, 0.2) is 40.5 Å². The first kappa shape index (κ1) is 33.7. The first-order valence-corrected chi connectivity index (χ1v) is 20.3. The molecule has 9 aromatic rings. The van der Waals surface area contributed by atoms with Crippen molar-refractivity contribution in [3.05, 3.63) is 186 Å². The van der Waals surface area contributed by atoms with Crippen LogP contribution >= 0.6 is 0 Å². The van der Waals surface area contributed by atoms with Gasteiger partial charge in [0.25, 0.3) is 0 Å². The molecule has 0 atom stereocenters. The monoisotopic (exact) mass is 759 g/mol. The zero-order valence-electron chi connectivity index (χ0n) is 32.7. The fourth-order valence-corrected chi connectivity index (χ4v) is 9.50. The number of fused-ring (bicyclic) bond motifs is 12. The second-order valence-electron chi connectivity index (χ2n) is 16.2. The van der Waals surface area contributed by atoms with Gasteiger partial charge in [-0.05, 0) is 109 Å². The summed E-state index contributed by atoms with van der Waals surface area (Å²) in [5.74, 6) is 4.92. The minimum atomic E-state index is -0.132. The molecular formula is C54H37N3O2. The largest absolute Gasteiger partial charge is 0.449 e. The maximum atomic E-state index is 6.82. The SMILES string of the molecule is CC1(C)c2ccccc2-c2c1ccc1c2Oc2cc(C3=CCCC(c4nc(-c5ccccc5)nc(-c5ccc6c7ccccc7c7ccccc7c6c5)n4)=C3)ccc2O1. The lowest BCUT2D eigenvalue weighted by Crippen LogP contribution is -2.15. The van der Waals surface area contributed by atoms with Gasteiger partial charge in [0.1, 0.15) is 0 Å². The zero-order chi connectivity index (χ0) is 39.2. The molecule has 3 aliphatic rings. The van der Waals surface area contributed by atoms with Crippen LogP contribution in [0.25, 0.3) is 77.4 Å². The molecular weight excluding hydrogens is 723 g/mol. The number of ether oxygens (including phenoxy) is 2.